The predicted octanol–water partition coefficient (Wildman–Crippen LogP) is 16.0. The number of pyridine rings is 2. The summed E-state index contributed by atoms with van der Waals surface area (Å²) in [5.41, 5.74) is 26.8. The molecule has 0 radical (unpaired) electrons. The van der Waals surface area contributed by atoms with Crippen molar-refractivity contribution in [2.45, 2.75) is 33.1 Å². The number of nitrogens with zero attached hydrogens (tertiary/aromatic N) is 4. The second-order valence-corrected chi connectivity index (χ2v) is 18.4. The van der Waals surface area contributed by atoms with Crippen molar-refractivity contribution in [2.24, 2.45) is 0 Å². The molecule has 1 atom stereocenters. The van der Waals surface area contributed by atoms with E-state index < -0.39 is 5.41 Å². The summed E-state index contributed by atoms with van der Waals surface area (Å²) in [5, 5.41) is 3.62. The van der Waals surface area contributed by atoms with Gasteiger partial charge in [0.1, 0.15) is 11.3 Å². The SMILES string of the molecule is C/C=C\c1c(C)c(C)c(/C=C\C)n2c1nc1cc(-c3ccc4c(c3)C3(c5ccccc5-4)c4ccccc4-c4ccc(-c5ccc6c(c5)nc5c7ccccc7c7ccccc7n65)cc43)ccc12. The molecule has 0 saturated heterocycles. The zero-order chi connectivity index (χ0) is 44.7. The standard InChI is InChI=1S/C63H44N4/c1-5-15-43-37(3)38(4)57(16-6-2)66-59-31-27-41(35-55(59)64-61(43)66)39-25-29-47-45-18-9-12-22-51(45)63(53(47)33-39)52-23-13-10-19-46(52)48-30-26-40(34-54(48)63)42-28-32-60-56(36-42)65-62-50-21-8-7-17-44(50)49-20-11-14-24-58(49)67(60)62/h5-36H,1-4H3/b15-5-,16-6-. The highest BCUT2D eigenvalue weighted by molar-refractivity contribution is 6.14. The lowest BCUT2D eigenvalue weighted by Crippen LogP contribution is -2.26. The molecule has 0 bridgehead atoms. The number of hydrogen-bond donors (Lipinski definition) is 0. The van der Waals surface area contributed by atoms with Gasteiger partial charge in [-0.25, -0.2) is 9.97 Å². The van der Waals surface area contributed by atoms with E-state index in [1.807, 2.05) is 0 Å². The Bertz CT molecular complexity index is 4200. The van der Waals surface area contributed by atoms with Gasteiger partial charge in [-0.05, 0) is 160 Å². The Labute approximate surface area is 388 Å². The first-order valence-corrected chi connectivity index (χ1v) is 23.4. The van der Waals surface area contributed by atoms with Crippen LogP contribution >= 0.6 is 0 Å². The van der Waals surface area contributed by atoms with E-state index in [9.17, 15) is 0 Å². The zero-order valence-corrected chi connectivity index (χ0v) is 37.8. The van der Waals surface area contributed by atoms with Gasteiger partial charge < -0.3 is 0 Å². The average Bonchev–Trinajstić information content (AvgIpc) is 4.11. The van der Waals surface area contributed by atoms with Gasteiger partial charge in [-0.1, -0.05) is 146 Å². The van der Waals surface area contributed by atoms with Crippen LogP contribution in [-0.2, 0) is 5.41 Å². The number of benzene rings is 8. The maximum absolute atomic E-state index is 5.37. The van der Waals surface area contributed by atoms with Gasteiger partial charge in [0.05, 0.1) is 38.7 Å². The summed E-state index contributed by atoms with van der Waals surface area (Å²) in [4.78, 5) is 10.7. The lowest BCUT2D eigenvalue weighted by molar-refractivity contribution is 0.794. The fourth-order valence-corrected chi connectivity index (χ4v) is 12.1. The summed E-state index contributed by atoms with van der Waals surface area (Å²) in [5.74, 6) is 0. The van der Waals surface area contributed by atoms with Gasteiger partial charge in [0.25, 0.3) is 0 Å². The highest BCUT2D eigenvalue weighted by atomic mass is 15.0. The Morgan fingerprint density at radius 1 is 0.403 bits per heavy atom. The van der Waals surface area contributed by atoms with Crippen molar-refractivity contribution >= 4 is 67.2 Å². The molecule has 4 aromatic heterocycles. The summed E-state index contributed by atoms with van der Waals surface area (Å²) in [6.07, 6.45) is 8.65. The van der Waals surface area contributed by atoms with E-state index in [0.717, 1.165) is 49.9 Å². The largest absolute Gasteiger partial charge is 0.292 e. The molecule has 316 valence electrons. The highest BCUT2D eigenvalue weighted by Crippen LogP contribution is 2.63. The van der Waals surface area contributed by atoms with E-state index in [4.69, 9.17) is 9.97 Å². The van der Waals surface area contributed by atoms with Gasteiger partial charge >= 0.3 is 0 Å². The maximum Gasteiger partial charge on any atom is 0.146 e. The first kappa shape index (κ1) is 38.0. The second-order valence-electron chi connectivity index (χ2n) is 18.4. The fourth-order valence-electron chi connectivity index (χ4n) is 12.1. The quantitative estimate of drug-likeness (QED) is 0.165. The summed E-state index contributed by atoms with van der Waals surface area (Å²) in [6.45, 7) is 8.60. The third-order valence-corrected chi connectivity index (χ3v) is 15.2. The van der Waals surface area contributed by atoms with Crippen LogP contribution in [-0.4, -0.2) is 18.8 Å². The normalized spacial score (nSPS) is 15.1. The molecule has 0 saturated carbocycles. The smallest absolute Gasteiger partial charge is 0.146 e. The minimum atomic E-state index is -0.514. The minimum absolute atomic E-state index is 0.514. The average molecular weight is 857 g/mol. The van der Waals surface area contributed by atoms with Crippen LogP contribution in [0.15, 0.2) is 182 Å². The Morgan fingerprint density at radius 2 is 0.896 bits per heavy atom. The molecule has 2 aliphatic carbocycles. The van der Waals surface area contributed by atoms with Crippen molar-refractivity contribution < 1.29 is 0 Å². The second kappa shape index (κ2) is 13.8. The molecule has 67 heavy (non-hydrogen) atoms. The van der Waals surface area contributed by atoms with Crippen molar-refractivity contribution in [2.75, 3.05) is 0 Å². The van der Waals surface area contributed by atoms with Crippen LogP contribution in [0.5, 0.6) is 0 Å². The van der Waals surface area contributed by atoms with Gasteiger partial charge in [-0.15, -0.1) is 0 Å². The van der Waals surface area contributed by atoms with Crippen molar-refractivity contribution in [3.63, 3.8) is 0 Å². The molecule has 0 N–H and O–H groups in total. The Kier molecular flexibility index (Phi) is 7.84. The topological polar surface area (TPSA) is 34.6 Å². The maximum atomic E-state index is 5.37. The summed E-state index contributed by atoms with van der Waals surface area (Å²) in [7, 11) is 0. The molecule has 1 spiro atoms. The highest BCUT2D eigenvalue weighted by Gasteiger charge is 2.51. The molecule has 4 heterocycles. The summed E-state index contributed by atoms with van der Waals surface area (Å²) < 4.78 is 4.68. The predicted molar refractivity (Wildman–Crippen MR) is 280 cm³/mol. The van der Waals surface area contributed by atoms with Crippen LogP contribution in [0.1, 0.15) is 58.5 Å². The molecule has 0 aliphatic heterocycles. The molecule has 12 aromatic rings. The number of fused-ring (bicyclic) bond motifs is 21. The number of aromatic nitrogens is 4. The van der Waals surface area contributed by atoms with E-state index >= 15 is 0 Å². The first-order chi connectivity index (χ1) is 33.0. The fraction of sp³-hybridized carbons (Fsp3) is 0.0794. The molecule has 0 amide bonds. The molecule has 14 rings (SSSR count). The Balaban J connectivity index is 0.969. The number of hydrogen-bond acceptors (Lipinski definition) is 2. The molecule has 4 nitrogen and oxygen atoms in total. The van der Waals surface area contributed by atoms with Crippen LogP contribution < -0.4 is 0 Å². The van der Waals surface area contributed by atoms with E-state index in [-0.39, 0.29) is 0 Å². The van der Waals surface area contributed by atoms with Gasteiger partial charge in [-0.3, -0.25) is 8.80 Å². The third kappa shape index (κ3) is 4.97. The molecular formula is C63H44N4. The summed E-state index contributed by atoms with van der Waals surface area (Å²) in [6, 6.07) is 63.5. The molecule has 1 unspecified atom stereocenters. The molecular weight excluding hydrogens is 813 g/mol. The number of imidazole rings is 2. The Morgan fingerprint density at radius 3 is 1.52 bits per heavy atom. The molecule has 0 fully saturated rings. The van der Waals surface area contributed by atoms with Gasteiger partial charge in [-0.2, -0.15) is 0 Å². The minimum Gasteiger partial charge on any atom is -0.292 e. The van der Waals surface area contributed by atoms with Crippen LogP contribution in [0.25, 0.3) is 112 Å². The van der Waals surface area contributed by atoms with Gasteiger partial charge in [0, 0.05) is 16.3 Å². The summed E-state index contributed by atoms with van der Waals surface area (Å²) >= 11 is 0. The third-order valence-electron chi connectivity index (χ3n) is 15.2. The van der Waals surface area contributed by atoms with Gasteiger partial charge in [0.15, 0.2) is 0 Å². The number of allylic oxidation sites excluding steroid dienone is 2. The van der Waals surface area contributed by atoms with Crippen LogP contribution in [0.4, 0.5) is 0 Å². The molecule has 4 heteroatoms. The molecule has 8 aromatic carbocycles. The van der Waals surface area contributed by atoms with Gasteiger partial charge in [0.2, 0.25) is 0 Å². The van der Waals surface area contributed by atoms with Crippen molar-refractivity contribution in [3.05, 3.63) is 227 Å². The lowest BCUT2D eigenvalue weighted by atomic mass is 9.70. The van der Waals surface area contributed by atoms with Crippen molar-refractivity contribution in [1.29, 1.82) is 0 Å². The number of rotatable bonds is 4. The van der Waals surface area contributed by atoms with Crippen LogP contribution in [0.2, 0.25) is 0 Å². The zero-order valence-electron chi connectivity index (χ0n) is 37.8. The van der Waals surface area contributed by atoms with Crippen molar-refractivity contribution in [3.8, 4) is 44.5 Å². The molecule has 2 aliphatic rings. The van der Waals surface area contributed by atoms with Crippen molar-refractivity contribution in [1.82, 2.24) is 18.8 Å². The Hall–Kier alpha value is -8.34. The van der Waals surface area contributed by atoms with E-state index in [1.54, 1.807) is 0 Å². The van der Waals surface area contributed by atoms with E-state index in [2.05, 4.69) is 231 Å². The van der Waals surface area contributed by atoms with Crippen LogP contribution in [0.3, 0.4) is 0 Å². The van der Waals surface area contributed by atoms with E-state index in [1.165, 1.54) is 94.3 Å². The lowest BCUT2D eigenvalue weighted by Gasteiger charge is -2.31. The van der Waals surface area contributed by atoms with Crippen LogP contribution in [0, 0.1) is 13.8 Å². The monoisotopic (exact) mass is 856 g/mol. The number of para-hydroxylation sites is 1. The van der Waals surface area contributed by atoms with E-state index in [0.29, 0.717) is 0 Å². The first-order valence-electron chi connectivity index (χ1n) is 23.4.